The molecule has 0 bridgehead atoms. The van der Waals surface area contributed by atoms with Gasteiger partial charge in [-0.2, -0.15) is 9.28 Å². The highest BCUT2D eigenvalue weighted by Crippen LogP contribution is 2.31. The quantitative estimate of drug-likeness (QED) is 0.287. The monoisotopic (exact) mass is 466 g/mol. The number of hydrogen-bond acceptors (Lipinski definition) is 6. The highest BCUT2D eigenvalue weighted by molar-refractivity contribution is 6.01. The Morgan fingerprint density at radius 1 is 1.03 bits per heavy atom. The molecule has 1 saturated heterocycles. The van der Waals surface area contributed by atoms with Crippen LogP contribution >= 0.6 is 0 Å². The molecule has 0 saturated carbocycles. The Morgan fingerprint density at radius 2 is 1.68 bits per heavy atom. The Bertz CT molecular complexity index is 1090. The number of imide groups is 1. The molecule has 0 aliphatic carbocycles. The predicted octanol–water partition coefficient (Wildman–Crippen LogP) is 4.04. The molecule has 0 unspecified atom stereocenters. The molecular formula is C26H32N3O5+. The van der Waals surface area contributed by atoms with E-state index in [-0.39, 0.29) is 30.2 Å². The van der Waals surface area contributed by atoms with Gasteiger partial charge >= 0.3 is 18.0 Å². The zero-order chi connectivity index (χ0) is 24.9. The Balaban J connectivity index is 2.10. The van der Waals surface area contributed by atoms with Crippen LogP contribution in [0.5, 0.6) is 0 Å². The minimum atomic E-state index is -0.577. The zero-order valence-corrected chi connectivity index (χ0v) is 19.9. The third kappa shape index (κ3) is 5.34. The number of rotatable bonds is 6. The summed E-state index contributed by atoms with van der Waals surface area (Å²) in [4.78, 5) is 39.1. The van der Waals surface area contributed by atoms with Crippen LogP contribution in [-0.2, 0) is 20.7 Å². The van der Waals surface area contributed by atoms with Gasteiger partial charge in [0, 0.05) is 5.56 Å². The molecular weight excluding hydrogens is 434 g/mol. The lowest BCUT2D eigenvalue weighted by molar-refractivity contribution is -0.781. The number of quaternary nitrogens is 1. The molecule has 2 aromatic rings. The van der Waals surface area contributed by atoms with Crippen LogP contribution in [-0.4, -0.2) is 54.6 Å². The van der Waals surface area contributed by atoms with Gasteiger partial charge < -0.3 is 15.2 Å². The van der Waals surface area contributed by atoms with Gasteiger partial charge in [-0.05, 0) is 55.9 Å². The van der Waals surface area contributed by atoms with E-state index in [0.717, 1.165) is 24.8 Å². The number of hydrogen-bond donors (Lipinski definition) is 2. The van der Waals surface area contributed by atoms with Gasteiger partial charge in [0.2, 0.25) is 0 Å². The van der Waals surface area contributed by atoms with Crippen LogP contribution < -0.4 is 5.73 Å². The van der Waals surface area contributed by atoms with Crippen LogP contribution in [0.4, 0.5) is 4.79 Å². The molecule has 34 heavy (non-hydrogen) atoms. The van der Waals surface area contributed by atoms with Crippen molar-refractivity contribution in [2.75, 3.05) is 20.2 Å². The van der Waals surface area contributed by atoms with E-state index in [1.807, 2.05) is 0 Å². The fourth-order valence-electron chi connectivity index (χ4n) is 4.36. The Kier molecular flexibility index (Phi) is 7.83. The molecule has 0 atom stereocenters. The molecule has 1 heterocycles. The molecule has 0 radical (unpaired) electrons. The first-order valence-electron chi connectivity index (χ1n) is 11.5. The van der Waals surface area contributed by atoms with Crippen LogP contribution in [0.25, 0.3) is 11.1 Å². The van der Waals surface area contributed by atoms with Crippen molar-refractivity contribution in [1.82, 2.24) is 0 Å². The highest BCUT2D eigenvalue weighted by atomic mass is 16.6. The van der Waals surface area contributed by atoms with E-state index in [0.29, 0.717) is 35.3 Å². The summed E-state index contributed by atoms with van der Waals surface area (Å²) in [5.41, 5.74) is 8.49. The van der Waals surface area contributed by atoms with Crippen LogP contribution in [0.15, 0.2) is 42.5 Å². The third-order valence-electron chi connectivity index (χ3n) is 6.03. The van der Waals surface area contributed by atoms with Crippen molar-refractivity contribution in [3.05, 3.63) is 59.2 Å². The highest BCUT2D eigenvalue weighted by Gasteiger charge is 2.48. The Morgan fingerprint density at radius 3 is 2.24 bits per heavy atom. The lowest BCUT2D eigenvalue weighted by atomic mass is 9.93. The number of benzene rings is 2. The summed E-state index contributed by atoms with van der Waals surface area (Å²) >= 11 is 0. The van der Waals surface area contributed by atoms with Crippen LogP contribution in [0.3, 0.4) is 0 Å². The Labute approximate surface area is 199 Å². The van der Waals surface area contributed by atoms with E-state index in [1.165, 1.54) is 7.11 Å². The summed E-state index contributed by atoms with van der Waals surface area (Å²) in [6.07, 6.45) is 1.63. The van der Waals surface area contributed by atoms with Crippen molar-refractivity contribution in [1.29, 1.82) is 5.41 Å². The number of carbonyl (C=O) groups excluding carboxylic acids is 3. The molecule has 8 heteroatoms. The van der Waals surface area contributed by atoms with Gasteiger partial charge in [0.1, 0.15) is 5.84 Å². The summed E-state index contributed by atoms with van der Waals surface area (Å²) < 4.78 is 9.92. The summed E-state index contributed by atoms with van der Waals surface area (Å²) in [6, 6.07) is 12.2. The molecule has 1 aliphatic heterocycles. The van der Waals surface area contributed by atoms with Gasteiger partial charge in [0.15, 0.2) is 0 Å². The molecule has 1 fully saturated rings. The second-order valence-electron chi connectivity index (χ2n) is 8.84. The maximum Gasteiger partial charge on any atom is 0.523 e. The van der Waals surface area contributed by atoms with Gasteiger partial charge in [-0.1, -0.05) is 36.4 Å². The van der Waals surface area contributed by atoms with E-state index in [1.54, 1.807) is 56.3 Å². The molecule has 2 amide bonds. The van der Waals surface area contributed by atoms with Crippen LogP contribution in [0, 0.1) is 5.41 Å². The average Bonchev–Trinajstić information content (AvgIpc) is 2.83. The maximum atomic E-state index is 14.0. The molecule has 2 aromatic carbocycles. The van der Waals surface area contributed by atoms with Crippen molar-refractivity contribution in [2.24, 2.45) is 5.73 Å². The minimum Gasteiger partial charge on any atom is -0.463 e. The molecule has 0 spiro atoms. The molecule has 180 valence electrons. The van der Waals surface area contributed by atoms with Gasteiger partial charge in [-0.3, -0.25) is 10.2 Å². The van der Waals surface area contributed by atoms with Gasteiger partial charge in [-0.25, -0.2) is 4.79 Å². The third-order valence-corrected chi connectivity index (χ3v) is 6.03. The summed E-state index contributed by atoms with van der Waals surface area (Å²) in [6.45, 7) is 4.30. The molecule has 3 N–H and O–H groups in total. The number of amides is 2. The van der Waals surface area contributed by atoms with E-state index in [2.05, 4.69) is 0 Å². The lowest BCUT2D eigenvalue weighted by Gasteiger charge is -2.34. The maximum absolute atomic E-state index is 14.0. The number of nitrogen functional groups attached to an aromatic ring is 1. The molecule has 0 aromatic heterocycles. The molecule has 1 aliphatic rings. The average molecular weight is 467 g/mol. The summed E-state index contributed by atoms with van der Waals surface area (Å²) in [7, 11) is 1.30. The minimum absolute atomic E-state index is 0.0141. The number of nitrogens with zero attached hydrogens (tertiary/aromatic N) is 1. The zero-order valence-electron chi connectivity index (χ0n) is 19.9. The normalized spacial score (nSPS) is 14.9. The van der Waals surface area contributed by atoms with E-state index in [9.17, 15) is 14.4 Å². The summed E-state index contributed by atoms with van der Waals surface area (Å²) in [5.74, 6) is -0.788. The molecule has 8 nitrogen and oxygen atoms in total. The van der Waals surface area contributed by atoms with Crippen molar-refractivity contribution >= 4 is 23.8 Å². The number of piperidine rings is 1. The number of esters is 1. The second kappa shape index (κ2) is 10.6. The number of carbonyl (C=O) groups is 3. The first kappa shape index (κ1) is 25.1. The number of nitrogens with one attached hydrogen (secondary N) is 1. The SMILES string of the molecule is COC(=O)[N+]1(C(=O)c2cc(CC(=O)OC(C)C)ccc2-c2ccc(C(=N)N)cc2)CCCCC1. The number of nitrogens with two attached hydrogens (primary N) is 1. The van der Waals surface area contributed by atoms with Crippen molar-refractivity contribution < 1.29 is 28.3 Å². The van der Waals surface area contributed by atoms with Gasteiger partial charge in [-0.15, -0.1) is 0 Å². The second-order valence-corrected chi connectivity index (χ2v) is 8.84. The van der Waals surface area contributed by atoms with Crippen molar-refractivity contribution in [2.45, 2.75) is 45.6 Å². The number of ether oxygens (including phenoxy) is 2. The largest absolute Gasteiger partial charge is 0.523 e. The van der Waals surface area contributed by atoms with E-state index >= 15 is 0 Å². The summed E-state index contributed by atoms with van der Waals surface area (Å²) in [5, 5.41) is 7.62. The number of likely N-dealkylation sites (tertiary alicyclic amines) is 1. The fraction of sp³-hybridized carbons (Fsp3) is 0.385. The first-order chi connectivity index (χ1) is 16.2. The topological polar surface area (TPSA) is 120 Å². The molecule has 3 rings (SSSR count). The first-order valence-corrected chi connectivity index (χ1v) is 11.5. The van der Waals surface area contributed by atoms with Crippen molar-refractivity contribution in [3.63, 3.8) is 0 Å². The van der Waals surface area contributed by atoms with Crippen LogP contribution in [0.2, 0.25) is 0 Å². The van der Waals surface area contributed by atoms with Crippen LogP contribution in [0.1, 0.15) is 54.6 Å². The van der Waals surface area contributed by atoms with Gasteiger partial charge in [0.25, 0.3) is 0 Å². The van der Waals surface area contributed by atoms with E-state index < -0.39 is 10.6 Å². The van der Waals surface area contributed by atoms with Gasteiger partial charge in [0.05, 0.1) is 38.3 Å². The number of methoxy groups -OCH3 is 1. The predicted molar refractivity (Wildman–Crippen MR) is 128 cm³/mol. The van der Waals surface area contributed by atoms with Crippen molar-refractivity contribution in [3.8, 4) is 11.1 Å². The van der Waals surface area contributed by atoms with E-state index in [4.69, 9.17) is 20.6 Å². The standard InChI is InChI=1S/C26H32N3O5/c1-17(2)34-23(30)16-18-7-12-21(19-8-10-20(11-9-19)24(27)28)22(15-18)25(31)29(26(32)33-3)13-5-4-6-14-29/h7-12,15,17H,4-6,13-14,16H2,1-3H3,(H3,27,28)/q+1. The smallest absolute Gasteiger partial charge is 0.463 e. The lowest BCUT2D eigenvalue weighted by Crippen LogP contribution is -2.59. The number of amidine groups is 1. The Hall–Kier alpha value is -3.52. The fourth-order valence-corrected chi connectivity index (χ4v) is 4.36.